The normalized spacial score (nSPS) is 24.9. The van der Waals surface area contributed by atoms with Gasteiger partial charge < -0.3 is 10.6 Å². The lowest BCUT2D eigenvalue weighted by molar-refractivity contribution is 0.347. The van der Waals surface area contributed by atoms with Crippen LogP contribution in [0, 0.1) is 0 Å². The molecule has 6 nitrogen and oxygen atoms in total. The van der Waals surface area contributed by atoms with Crippen molar-refractivity contribution in [2.24, 2.45) is 4.99 Å². The van der Waals surface area contributed by atoms with Gasteiger partial charge in [0.05, 0.1) is 6.54 Å². The van der Waals surface area contributed by atoms with E-state index in [1.165, 1.54) is 30.6 Å². The molecule has 0 radical (unpaired) electrons. The molecule has 1 aliphatic carbocycles. The van der Waals surface area contributed by atoms with E-state index in [-0.39, 0.29) is 0 Å². The van der Waals surface area contributed by atoms with Gasteiger partial charge in [-0.15, -0.1) is 11.3 Å². The monoisotopic (exact) mass is 430 g/mol. The summed E-state index contributed by atoms with van der Waals surface area (Å²) in [5.74, 6) is 0.788. The molecule has 1 saturated carbocycles. The van der Waals surface area contributed by atoms with E-state index in [9.17, 15) is 8.42 Å². The van der Waals surface area contributed by atoms with Crippen LogP contribution in [0.2, 0.25) is 0 Å². The van der Waals surface area contributed by atoms with Crippen LogP contribution in [-0.4, -0.2) is 56.4 Å². The highest BCUT2D eigenvalue weighted by Crippen LogP contribution is 2.28. The first-order valence-electron chi connectivity index (χ1n) is 9.61. The van der Waals surface area contributed by atoms with Crippen LogP contribution in [0.4, 0.5) is 0 Å². The molecule has 1 saturated heterocycles. The van der Waals surface area contributed by atoms with Gasteiger partial charge in [-0.2, -0.15) is 16.1 Å². The number of sulfonamides is 1. The van der Waals surface area contributed by atoms with Gasteiger partial charge in [-0.25, -0.2) is 8.42 Å². The first kappa shape index (κ1) is 21.0. The standard InChI is InChI=1S/C18H30N4O2S3/c1-19-18(21-14-6-7-15(12-14)25-2)20-13-16-8-9-17(26-16)27(23,24)22-10-4-3-5-11-22/h8-9,14-15H,3-7,10-13H2,1-2H3,(H2,19,20,21). The Hall–Kier alpha value is -0.770. The van der Waals surface area contributed by atoms with Crippen molar-refractivity contribution in [1.82, 2.24) is 14.9 Å². The van der Waals surface area contributed by atoms with Crippen LogP contribution in [0.5, 0.6) is 0 Å². The van der Waals surface area contributed by atoms with E-state index in [0.29, 0.717) is 29.9 Å². The SMILES string of the molecule is CN=C(NCc1ccc(S(=O)(=O)N2CCCCC2)s1)NC1CCC(SC)C1. The topological polar surface area (TPSA) is 73.8 Å². The molecule has 1 aromatic rings. The number of nitrogens with one attached hydrogen (secondary N) is 2. The van der Waals surface area contributed by atoms with Gasteiger partial charge in [0.2, 0.25) is 0 Å². The maximum Gasteiger partial charge on any atom is 0.252 e. The minimum absolute atomic E-state index is 0.447. The summed E-state index contributed by atoms with van der Waals surface area (Å²) in [6.45, 7) is 1.87. The van der Waals surface area contributed by atoms with Crippen LogP contribution in [-0.2, 0) is 16.6 Å². The van der Waals surface area contributed by atoms with Crippen molar-refractivity contribution >= 4 is 39.1 Å². The Balaban J connectivity index is 1.54. The van der Waals surface area contributed by atoms with Crippen LogP contribution in [0.1, 0.15) is 43.4 Å². The minimum atomic E-state index is -3.34. The van der Waals surface area contributed by atoms with Crippen LogP contribution in [0.25, 0.3) is 0 Å². The summed E-state index contributed by atoms with van der Waals surface area (Å²) in [4.78, 5) is 5.31. The predicted molar refractivity (Wildman–Crippen MR) is 115 cm³/mol. The number of guanidine groups is 1. The van der Waals surface area contributed by atoms with Crippen molar-refractivity contribution in [1.29, 1.82) is 0 Å². The van der Waals surface area contributed by atoms with E-state index in [1.807, 2.05) is 17.8 Å². The molecule has 0 amide bonds. The second-order valence-corrected chi connectivity index (χ2v) is 11.6. The van der Waals surface area contributed by atoms with Crippen molar-refractivity contribution in [3.05, 3.63) is 17.0 Å². The Labute approximate surface area is 171 Å². The zero-order valence-electron chi connectivity index (χ0n) is 16.1. The van der Waals surface area contributed by atoms with Gasteiger partial charge in [-0.05, 0) is 50.5 Å². The second-order valence-electron chi connectivity index (χ2n) is 7.12. The minimum Gasteiger partial charge on any atom is -0.354 e. The van der Waals surface area contributed by atoms with Crippen molar-refractivity contribution in [2.45, 2.75) is 60.6 Å². The molecular weight excluding hydrogens is 400 g/mol. The van der Waals surface area contributed by atoms with Crippen molar-refractivity contribution < 1.29 is 8.42 Å². The molecule has 1 aromatic heterocycles. The van der Waals surface area contributed by atoms with Crippen molar-refractivity contribution in [3.63, 3.8) is 0 Å². The fraction of sp³-hybridized carbons (Fsp3) is 0.722. The van der Waals surface area contributed by atoms with Crippen molar-refractivity contribution in [2.75, 3.05) is 26.4 Å². The third-order valence-electron chi connectivity index (χ3n) is 5.26. The molecule has 2 unspecified atom stereocenters. The fourth-order valence-corrected chi connectivity index (χ4v) is 7.43. The zero-order valence-corrected chi connectivity index (χ0v) is 18.6. The number of aliphatic imine (C=N–C) groups is 1. The molecule has 2 heterocycles. The highest BCUT2D eigenvalue weighted by molar-refractivity contribution is 7.99. The van der Waals surface area contributed by atoms with E-state index in [2.05, 4.69) is 21.9 Å². The maximum absolute atomic E-state index is 12.8. The lowest BCUT2D eigenvalue weighted by atomic mass is 10.2. The molecule has 27 heavy (non-hydrogen) atoms. The predicted octanol–water partition coefficient (Wildman–Crippen LogP) is 2.87. The summed E-state index contributed by atoms with van der Waals surface area (Å²) in [6, 6.07) is 4.11. The largest absolute Gasteiger partial charge is 0.354 e. The van der Waals surface area contributed by atoms with Crippen LogP contribution in [0.15, 0.2) is 21.3 Å². The van der Waals surface area contributed by atoms with Gasteiger partial charge >= 0.3 is 0 Å². The Morgan fingerprint density at radius 2 is 2.07 bits per heavy atom. The number of rotatable bonds is 6. The zero-order chi connectivity index (χ0) is 19.3. The first-order chi connectivity index (χ1) is 13.0. The molecule has 9 heteroatoms. The molecule has 0 aromatic carbocycles. The Morgan fingerprint density at radius 3 is 2.74 bits per heavy atom. The summed E-state index contributed by atoms with van der Waals surface area (Å²) in [5.41, 5.74) is 0. The molecule has 0 spiro atoms. The molecule has 2 aliphatic rings. The Morgan fingerprint density at radius 1 is 1.30 bits per heavy atom. The second kappa shape index (κ2) is 9.62. The van der Waals surface area contributed by atoms with Gasteiger partial charge in [0, 0.05) is 36.3 Å². The Kier molecular flexibility index (Phi) is 7.47. The van der Waals surface area contributed by atoms with E-state index >= 15 is 0 Å². The lowest BCUT2D eigenvalue weighted by Crippen LogP contribution is -2.42. The smallest absolute Gasteiger partial charge is 0.252 e. The first-order valence-corrected chi connectivity index (χ1v) is 13.2. The number of hydrogen-bond donors (Lipinski definition) is 2. The van der Waals surface area contributed by atoms with Crippen LogP contribution < -0.4 is 10.6 Å². The Bertz CT molecular complexity index is 742. The molecule has 3 rings (SSSR count). The van der Waals surface area contributed by atoms with Gasteiger partial charge in [0.15, 0.2) is 5.96 Å². The quantitative estimate of drug-likeness (QED) is 0.536. The number of thiophene rings is 1. The highest BCUT2D eigenvalue weighted by atomic mass is 32.2. The van der Waals surface area contributed by atoms with Gasteiger partial charge in [-0.3, -0.25) is 4.99 Å². The molecule has 0 bridgehead atoms. The van der Waals surface area contributed by atoms with Crippen molar-refractivity contribution in [3.8, 4) is 0 Å². The summed E-state index contributed by atoms with van der Waals surface area (Å²) in [6.07, 6.45) is 8.79. The summed E-state index contributed by atoms with van der Waals surface area (Å²) >= 11 is 3.29. The van der Waals surface area contributed by atoms with Gasteiger partial charge in [0.1, 0.15) is 4.21 Å². The van der Waals surface area contributed by atoms with E-state index < -0.39 is 10.0 Å². The van der Waals surface area contributed by atoms with E-state index in [4.69, 9.17) is 0 Å². The highest BCUT2D eigenvalue weighted by Gasteiger charge is 2.27. The molecule has 2 atom stereocenters. The van der Waals surface area contributed by atoms with E-state index in [1.54, 1.807) is 17.4 Å². The van der Waals surface area contributed by atoms with Gasteiger partial charge in [0.25, 0.3) is 10.0 Å². The summed E-state index contributed by atoms with van der Waals surface area (Å²) in [5, 5.41) is 7.55. The molecule has 2 fully saturated rings. The fourth-order valence-electron chi connectivity index (χ4n) is 3.67. The average Bonchev–Trinajstić information content (AvgIpc) is 3.35. The molecular formula is C18H30N4O2S3. The number of hydrogen-bond acceptors (Lipinski definition) is 5. The third-order valence-corrected chi connectivity index (χ3v) is 9.80. The number of piperidine rings is 1. The molecule has 2 N–H and O–H groups in total. The maximum atomic E-state index is 12.8. The molecule has 1 aliphatic heterocycles. The average molecular weight is 431 g/mol. The van der Waals surface area contributed by atoms with Crippen LogP contribution >= 0.6 is 23.1 Å². The summed E-state index contributed by atoms with van der Waals surface area (Å²) < 4.78 is 27.6. The van der Waals surface area contributed by atoms with Crippen LogP contribution in [0.3, 0.4) is 0 Å². The number of thioether (sulfide) groups is 1. The summed E-state index contributed by atoms with van der Waals surface area (Å²) in [7, 11) is -1.56. The number of nitrogens with zero attached hydrogens (tertiary/aromatic N) is 2. The van der Waals surface area contributed by atoms with E-state index in [0.717, 1.165) is 35.3 Å². The lowest BCUT2D eigenvalue weighted by Gasteiger charge is -2.25. The molecule has 152 valence electrons. The van der Waals surface area contributed by atoms with Gasteiger partial charge in [-0.1, -0.05) is 6.42 Å². The third kappa shape index (κ3) is 5.40.